The Balaban J connectivity index is 1.13. The molecule has 20 heteroatoms. The Bertz CT molecular complexity index is 2780. The van der Waals surface area contributed by atoms with Crippen LogP contribution in [-0.4, -0.2) is 134 Å². The van der Waals surface area contributed by atoms with E-state index in [0.29, 0.717) is 98.9 Å². The zero-order chi connectivity index (χ0) is 85.2. The lowest BCUT2D eigenvalue weighted by molar-refractivity contribution is 0.103. The maximum absolute atomic E-state index is 14.1. The molecule has 2 fully saturated rings. The number of hydrogen-bond acceptors (Lipinski definition) is 16. The molecular weight excluding hydrogens is 1500 g/mol. The zero-order valence-electron chi connectivity index (χ0n) is 77.8. The zero-order valence-corrected chi connectivity index (χ0v) is 77.8. The van der Waals surface area contributed by atoms with Crippen LogP contribution in [0.3, 0.4) is 0 Å². The van der Waals surface area contributed by atoms with Crippen LogP contribution < -0.4 is 50.5 Å². The summed E-state index contributed by atoms with van der Waals surface area (Å²) in [6.07, 6.45) is 76.2. The Hall–Kier alpha value is -6.34. The molecule has 0 saturated carbocycles. The molecule has 4 amide bonds. The van der Waals surface area contributed by atoms with Gasteiger partial charge in [0, 0.05) is 24.2 Å². The predicted molar refractivity (Wildman–Crippen MR) is 503 cm³/mol. The first-order chi connectivity index (χ1) is 59.1. The molecule has 2 unspecified atom stereocenters. The molecule has 4 aliphatic rings. The normalized spacial score (nSPS) is 15.3. The predicted octanol–water partition coefficient (Wildman–Crippen LogP) is 27.0. The minimum atomic E-state index is -0.745. The summed E-state index contributed by atoms with van der Waals surface area (Å²) in [6, 6.07) is 7.76. The topological polar surface area (TPSA) is 228 Å². The number of urea groups is 2. The molecule has 2 saturated heterocycles. The maximum atomic E-state index is 14.1. The number of nitrogens with two attached hydrogens (primary N) is 2. The summed E-state index contributed by atoms with van der Waals surface area (Å²) in [7, 11) is 0. The van der Waals surface area contributed by atoms with Gasteiger partial charge >= 0.3 is 12.1 Å². The van der Waals surface area contributed by atoms with Gasteiger partial charge in [0.15, 0.2) is 23.0 Å². The van der Waals surface area contributed by atoms with E-state index in [4.69, 9.17) is 49.9 Å². The number of ether oxygens (including phenoxy) is 6. The average molecular weight is 1680 g/mol. The van der Waals surface area contributed by atoms with Gasteiger partial charge < -0.3 is 49.7 Å². The van der Waals surface area contributed by atoms with Gasteiger partial charge in [-0.15, -0.1) is 0 Å². The minimum absolute atomic E-state index is 0.0945. The third-order valence-corrected chi connectivity index (χ3v) is 24.5. The number of nitrogens with one attached hydrogen (secondary N) is 2. The highest BCUT2D eigenvalue weighted by molar-refractivity contribution is 6.09. The Morgan fingerprint density at radius 3 is 0.692 bits per heavy atom. The molecule has 0 radical (unpaired) electrons. The summed E-state index contributed by atoms with van der Waals surface area (Å²) in [5.41, 5.74) is 14.7. The van der Waals surface area contributed by atoms with Gasteiger partial charge in [0.05, 0.1) is 53.0 Å². The summed E-state index contributed by atoms with van der Waals surface area (Å²) in [5.74, 6) is 5.24. The number of hydrogen-bond donors (Lipinski definition) is 4. The van der Waals surface area contributed by atoms with Crippen LogP contribution in [0.4, 0.5) is 9.59 Å². The molecule has 0 aliphatic carbocycles. The van der Waals surface area contributed by atoms with Crippen molar-refractivity contribution in [3.63, 3.8) is 0 Å². The second-order valence-electron chi connectivity index (χ2n) is 35.4. The summed E-state index contributed by atoms with van der Waals surface area (Å²) < 4.78 is 41.1. The third kappa shape index (κ3) is 43.8. The lowest BCUT2D eigenvalue weighted by atomic mass is 10.1. The van der Waals surface area contributed by atoms with Gasteiger partial charge in [-0.3, -0.25) is 20.4 Å². The fourth-order valence-corrected chi connectivity index (χ4v) is 16.9. The van der Waals surface area contributed by atoms with E-state index in [0.717, 1.165) is 114 Å². The van der Waals surface area contributed by atoms with Crippen molar-refractivity contribution < 1.29 is 38.0 Å². The van der Waals surface area contributed by atoms with E-state index >= 15 is 0 Å². The smallest absolute Gasteiger partial charge is 0.321 e. The van der Waals surface area contributed by atoms with Gasteiger partial charge in [0.2, 0.25) is 36.0 Å². The minimum Gasteiger partial charge on any atom is -0.490 e. The van der Waals surface area contributed by atoms with Crippen molar-refractivity contribution in [3.8, 4) is 34.5 Å². The Kier molecular flexibility index (Phi) is 58.1. The number of unbranched alkanes of at least 4 members (excludes halogenated alkanes) is 57. The average Bonchev–Trinajstić information content (AvgIpc) is 0.770. The van der Waals surface area contributed by atoms with Crippen molar-refractivity contribution in [2.45, 2.75) is 465 Å². The lowest BCUT2D eigenvalue weighted by Gasteiger charge is -2.43. The van der Waals surface area contributed by atoms with E-state index in [1.165, 1.54) is 308 Å². The highest BCUT2D eigenvalue weighted by Gasteiger charge is 2.39. The van der Waals surface area contributed by atoms with Crippen LogP contribution in [0.2, 0.25) is 0 Å². The number of carbonyl (C=O) groups excluding carboxylic acids is 2. The molecular formula is C100H178N12O8. The number of carbonyl (C=O) groups is 2. The lowest BCUT2D eigenvalue weighted by Crippen LogP contribution is -2.64. The first kappa shape index (κ1) is 102. The van der Waals surface area contributed by atoms with E-state index in [9.17, 15) is 9.59 Å². The maximum Gasteiger partial charge on any atom is 0.321 e. The number of amidine groups is 2. The van der Waals surface area contributed by atoms with Crippen molar-refractivity contribution in [3.05, 3.63) is 35.4 Å². The molecule has 0 bridgehead atoms. The highest BCUT2D eigenvalue weighted by atomic mass is 16.5. The number of nitrogens with zero attached hydrogens (tertiary/aromatic N) is 8. The SMILES string of the molecule is CCCCCCCCCCCCOc1cc(C2=NC(N)=NC3NC(=O)N(CCCCCCN4CN5C(c6cc(OCCCCCCCCCCCC)c(OCCCCCCCCCCCC)c(OCCCCCCCCCCCC)c6)=NC(N)=NC5NC4=O)CN23)cc(OCCCCCCCCCCCC)c1OCCCCCCCCCCCC. The summed E-state index contributed by atoms with van der Waals surface area (Å²) >= 11 is 0. The van der Waals surface area contributed by atoms with Crippen molar-refractivity contribution in [1.29, 1.82) is 0 Å². The second-order valence-corrected chi connectivity index (χ2v) is 35.4. The molecule has 2 atom stereocenters. The first-order valence-corrected chi connectivity index (χ1v) is 50.7. The van der Waals surface area contributed by atoms with Crippen molar-refractivity contribution in [2.75, 3.05) is 66.1 Å². The van der Waals surface area contributed by atoms with E-state index in [2.05, 4.69) is 62.2 Å². The molecule has 6 rings (SSSR count). The molecule has 120 heavy (non-hydrogen) atoms. The quantitative estimate of drug-likeness (QED) is 0.0454. The molecule has 20 nitrogen and oxygen atoms in total. The Morgan fingerprint density at radius 2 is 0.475 bits per heavy atom. The van der Waals surface area contributed by atoms with Gasteiger partial charge in [0.25, 0.3) is 0 Å². The van der Waals surface area contributed by atoms with Crippen LogP contribution in [0.1, 0.15) is 464 Å². The van der Waals surface area contributed by atoms with Gasteiger partial charge in [-0.1, -0.05) is 401 Å². The summed E-state index contributed by atoms with van der Waals surface area (Å²) in [5, 5.41) is 6.30. The van der Waals surface area contributed by atoms with Crippen LogP contribution in [0.25, 0.3) is 0 Å². The summed E-state index contributed by atoms with van der Waals surface area (Å²) in [6.45, 7) is 18.6. The van der Waals surface area contributed by atoms with Crippen molar-refractivity contribution in [2.24, 2.45) is 31.4 Å². The van der Waals surface area contributed by atoms with Gasteiger partial charge in [-0.2, -0.15) is 9.98 Å². The molecule has 4 heterocycles. The van der Waals surface area contributed by atoms with Crippen LogP contribution in [0.15, 0.2) is 44.2 Å². The number of amides is 4. The van der Waals surface area contributed by atoms with E-state index in [-0.39, 0.29) is 37.3 Å². The van der Waals surface area contributed by atoms with Crippen molar-refractivity contribution in [1.82, 2.24) is 30.2 Å². The standard InChI is InChI=1S/C100H178N12O8/c1-7-13-19-25-31-37-43-49-57-65-73-115-87-79-85(80-88(116-74-66-58-50-44-38-32-26-20-14-8-2)91(87)119-77-69-61-53-47-41-35-29-23-17-11-5)93-103-95(101)105-97-107-99(113)109(83-111(93)97)71-63-55-56-64-72-110-84-112-94(104-96(102)106-98(112)108-100(110)114)86-81-89(117-75-67-59-51-45-39-33-27-21-15-9-3)92(120-78-70-62-54-48-42-36-30-24-18-12-6)90(82-86)118-76-68-60-52-46-40-34-28-22-16-10-4/h79-82,97-98H,7-78,83-84H2,1-6H3,(H2,101,105)(H2,102,106)(H,107,113)(H,108,114). The first-order valence-electron chi connectivity index (χ1n) is 50.7. The Morgan fingerprint density at radius 1 is 0.283 bits per heavy atom. The molecule has 0 aromatic heterocycles. The van der Waals surface area contributed by atoms with E-state index in [1.807, 2.05) is 43.9 Å². The fraction of sp³-hybridized carbons (Fsp3) is 0.820. The molecule has 2 aromatic rings. The van der Waals surface area contributed by atoms with Gasteiger partial charge in [-0.25, -0.2) is 19.6 Å². The van der Waals surface area contributed by atoms with Crippen LogP contribution in [0, 0.1) is 0 Å². The van der Waals surface area contributed by atoms with E-state index in [1.54, 1.807) is 0 Å². The second kappa shape index (κ2) is 68.1. The fourth-order valence-electron chi connectivity index (χ4n) is 16.9. The van der Waals surface area contributed by atoms with Crippen LogP contribution in [0.5, 0.6) is 34.5 Å². The molecule has 0 spiro atoms. The number of fused-ring (bicyclic) bond motifs is 2. The number of rotatable bonds is 81. The number of guanidine groups is 2. The van der Waals surface area contributed by atoms with Gasteiger partial charge in [0.1, 0.15) is 11.7 Å². The Labute approximate surface area is 732 Å². The van der Waals surface area contributed by atoms with Gasteiger partial charge in [-0.05, 0) is 75.6 Å². The molecule has 4 aliphatic heterocycles. The third-order valence-electron chi connectivity index (χ3n) is 24.5. The number of aliphatic imine (C=N–C) groups is 4. The van der Waals surface area contributed by atoms with E-state index < -0.39 is 12.6 Å². The largest absolute Gasteiger partial charge is 0.490 e. The monoisotopic (exact) mass is 1680 g/mol. The highest BCUT2D eigenvalue weighted by Crippen LogP contribution is 2.43. The molecule has 6 N–H and O–H groups in total. The number of benzene rings is 2. The van der Waals surface area contributed by atoms with Crippen LogP contribution >= 0.6 is 0 Å². The van der Waals surface area contributed by atoms with Crippen molar-refractivity contribution >= 4 is 35.7 Å². The molecule has 686 valence electrons. The van der Waals surface area contributed by atoms with Crippen LogP contribution in [-0.2, 0) is 0 Å². The summed E-state index contributed by atoms with van der Waals surface area (Å²) in [4.78, 5) is 55.2. The molecule has 2 aromatic carbocycles.